The zero-order valence-electron chi connectivity index (χ0n) is 14.3. The van der Waals surface area contributed by atoms with Crippen LogP contribution >= 0.6 is 0 Å². The van der Waals surface area contributed by atoms with Gasteiger partial charge in [-0.05, 0) is 24.1 Å². The number of methoxy groups -OCH3 is 1. The molecule has 2 aromatic rings. The average Bonchev–Trinajstić information content (AvgIpc) is 3.05. The van der Waals surface area contributed by atoms with Gasteiger partial charge in [0.15, 0.2) is 0 Å². The molecule has 2 aliphatic heterocycles. The second kappa shape index (κ2) is 6.93. The van der Waals surface area contributed by atoms with Crippen molar-refractivity contribution in [3.05, 3.63) is 42.5 Å². The van der Waals surface area contributed by atoms with Gasteiger partial charge in [-0.25, -0.2) is 9.97 Å². The molecule has 132 valence electrons. The number of ether oxygens (including phenoxy) is 3. The molecule has 0 bridgehead atoms. The van der Waals surface area contributed by atoms with Crippen LogP contribution in [-0.4, -0.2) is 54.0 Å². The van der Waals surface area contributed by atoms with Gasteiger partial charge in [-0.1, -0.05) is 0 Å². The molecule has 0 aromatic carbocycles. The van der Waals surface area contributed by atoms with Crippen LogP contribution in [0.4, 0.5) is 5.82 Å². The molecule has 0 saturated carbocycles. The fourth-order valence-corrected chi connectivity index (χ4v) is 3.54. The number of anilines is 1. The van der Waals surface area contributed by atoms with Crippen molar-refractivity contribution in [1.82, 2.24) is 15.0 Å². The normalized spacial score (nSPS) is 21.3. The topological polar surface area (TPSA) is 69.6 Å². The van der Waals surface area contributed by atoms with Crippen LogP contribution in [0, 0.1) is 5.92 Å². The van der Waals surface area contributed by atoms with Gasteiger partial charge in [-0.2, -0.15) is 0 Å². The van der Waals surface area contributed by atoms with Crippen molar-refractivity contribution < 1.29 is 14.2 Å². The first-order chi connectivity index (χ1) is 12.3. The quantitative estimate of drug-likeness (QED) is 0.791. The third-order valence-corrected chi connectivity index (χ3v) is 5.01. The molecular weight excluding hydrogens is 320 g/mol. The van der Waals surface area contributed by atoms with E-state index in [1.165, 1.54) is 6.33 Å². The Hall–Kier alpha value is -2.25. The molecule has 0 N–H and O–H groups in total. The Labute approximate surface area is 147 Å². The number of aromatic nitrogens is 3. The van der Waals surface area contributed by atoms with Crippen LogP contribution in [0.15, 0.2) is 36.9 Å². The second-order valence-electron chi connectivity index (χ2n) is 6.54. The molecule has 2 aliphatic rings. The summed E-state index contributed by atoms with van der Waals surface area (Å²) >= 11 is 0. The molecule has 4 rings (SSSR count). The smallest absolute Gasteiger partial charge is 0.218 e. The predicted molar refractivity (Wildman–Crippen MR) is 91.5 cm³/mol. The lowest BCUT2D eigenvalue weighted by molar-refractivity contribution is -0.0654. The van der Waals surface area contributed by atoms with Crippen molar-refractivity contribution in [3.63, 3.8) is 0 Å². The summed E-state index contributed by atoms with van der Waals surface area (Å²) in [6.07, 6.45) is 6.15. The standard InChI is InChI=1S/C18H22N4O3/c1-23-17-8-16(20-13-21-17)22-11-18(12-22)15(4-7-25-18)10-24-9-14-2-5-19-6-3-14/h2-3,5-6,8,13,15H,4,7,9-12H2,1H3. The molecule has 1 unspecified atom stereocenters. The zero-order valence-corrected chi connectivity index (χ0v) is 14.3. The molecule has 2 saturated heterocycles. The molecular formula is C18H22N4O3. The lowest BCUT2D eigenvalue weighted by atomic mass is 9.81. The predicted octanol–water partition coefficient (Wildman–Crippen LogP) is 1.69. The Morgan fingerprint density at radius 1 is 1.28 bits per heavy atom. The first-order valence-electron chi connectivity index (χ1n) is 8.51. The van der Waals surface area contributed by atoms with Gasteiger partial charge >= 0.3 is 0 Å². The molecule has 7 nitrogen and oxygen atoms in total. The van der Waals surface area contributed by atoms with Crippen LogP contribution in [0.2, 0.25) is 0 Å². The van der Waals surface area contributed by atoms with Crippen molar-refractivity contribution in [2.75, 3.05) is 38.3 Å². The van der Waals surface area contributed by atoms with E-state index in [4.69, 9.17) is 14.2 Å². The molecule has 0 aliphatic carbocycles. The Kier molecular flexibility index (Phi) is 4.50. The fourth-order valence-electron chi connectivity index (χ4n) is 3.54. The van der Waals surface area contributed by atoms with Crippen molar-refractivity contribution >= 4 is 5.82 Å². The maximum absolute atomic E-state index is 6.09. The largest absolute Gasteiger partial charge is 0.481 e. The van der Waals surface area contributed by atoms with Crippen LogP contribution in [0.3, 0.4) is 0 Å². The van der Waals surface area contributed by atoms with Gasteiger partial charge in [0.2, 0.25) is 5.88 Å². The van der Waals surface area contributed by atoms with E-state index in [-0.39, 0.29) is 5.60 Å². The van der Waals surface area contributed by atoms with E-state index < -0.39 is 0 Å². The maximum Gasteiger partial charge on any atom is 0.218 e. The summed E-state index contributed by atoms with van der Waals surface area (Å²) in [7, 11) is 1.61. The van der Waals surface area contributed by atoms with Crippen molar-refractivity contribution in [2.24, 2.45) is 5.92 Å². The minimum absolute atomic E-state index is 0.115. The highest BCUT2D eigenvalue weighted by molar-refractivity contribution is 5.46. The summed E-state index contributed by atoms with van der Waals surface area (Å²) in [4.78, 5) is 14.6. The highest BCUT2D eigenvalue weighted by Crippen LogP contribution is 2.41. The first kappa shape index (κ1) is 16.2. The van der Waals surface area contributed by atoms with Gasteiger partial charge in [0, 0.05) is 31.0 Å². The highest BCUT2D eigenvalue weighted by Gasteiger charge is 2.53. The average molecular weight is 342 g/mol. The summed E-state index contributed by atoms with van der Waals surface area (Å²) in [5, 5.41) is 0. The minimum Gasteiger partial charge on any atom is -0.481 e. The Morgan fingerprint density at radius 3 is 2.92 bits per heavy atom. The molecule has 4 heterocycles. The first-order valence-corrected chi connectivity index (χ1v) is 8.51. The fraction of sp³-hybridized carbons (Fsp3) is 0.500. The van der Waals surface area contributed by atoms with Crippen LogP contribution in [-0.2, 0) is 16.1 Å². The minimum atomic E-state index is -0.115. The monoisotopic (exact) mass is 342 g/mol. The van der Waals surface area contributed by atoms with Crippen molar-refractivity contribution in [3.8, 4) is 5.88 Å². The third-order valence-electron chi connectivity index (χ3n) is 5.01. The Bertz CT molecular complexity index is 706. The third kappa shape index (κ3) is 3.29. The summed E-state index contributed by atoms with van der Waals surface area (Å²) < 4.78 is 17.2. The summed E-state index contributed by atoms with van der Waals surface area (Å²) in [6, 6.07) is 5.82. The van der Waals surface area contributed by atoms with E-state index in [1.807, 2.05) is 18.2 Å². The molecule has 0 amide bonds. The van der Waals surface area contributed by atoms with Crippen LogP contribution in [0.5, 0.6) is 5.88 Å². The summed E-state index contributed by atoms with van der Waals surface area (Å²) in [6.45, 7) is 3.78. The zero-order chi connectivity index (χ0) is 17.1. The van der Waals surface area contributed by atoms with E-state index in [9.17, 15) is 0 Å². The van der Waals surface area contributed by atoms with Crippen molar-refractivity contribution in [2.45, 2.75) is 18.6 Å². The second-order valence-corrected chi connectivity index (χ2v) is 6.54. The molecule has 0 radical (unpaired) electrons. The molecule has 25 heavy (non-hydrogen) atoms. The van der Waals surface area contributed by atoms with Crippen LogP contribution in [0.1, 0.15) is 12.0 Å². The summed E-state index contributed by atoms with van der Waals surface area (Å²) in [5.41, 5.74) is 1.03. The number of hydrogen-bond acceptors (Lipinski definition) is 7. The van der Waals surface area contributed by atoms with Gasteiger partial charge < -0.3 is 19.1 Å². The van der Waals surface area contributed by atoms with Gasteiger partial charge in [0.25, 0.3) is 0 Å². The van der Waals surface area contributed by atoms with Gasteiger partial charge in [0.05, 0.1) is 33.4 Å². The van der Waals surface area contributed by atoms with Gasteiger partial charge in [-0.15, -0.1) is 0 Å². The maximum atomic E-state index is 6.09. The lowest BCUT2D eigenvalue weighted by Gasteiger charge is -2.50. The van der Waals surface area contributed by atoms with E-state index in [2.05, 4.69) is 19.9 Å². The molecule has 2 aromatic heterocycles. The number of rotatable bonds is 6. The molecule has 1 atom stereocenters. The van der Waals surface area contributed by atoms with Gasteiger partial charge in [-0.3, -0.25) is 4.98 Å². The van der Waals surface area contributed by atoms with E-state index >= 15 is 0 Å². The summed E-state index contributed by atoms with van der Waals surface area (Å²) in [5.74, 6) is 1.87. The van der Waals surface area contributed by atoms with E-state index in [1.54, 1.807) is 19.5 Å². The SMILES string of the molecule is COc1cc(N2CC3(C2)OCCC3COCc2ccncc2)ncn1. The Morgan fingerprint density at radius 2 is 2.12 bits per heavy atom. The van der Waals surface area contributed by atoms with Crippen molar-refractivity contribution in [1.29, 1.82) is 0 Å². The van der Waals surface area contributed by atoms with Gasteiger partial charge in [0.1, 0.15) is 17.7 Å². The number of pyridine rings is 1. The molecule has 1 spiro atoms. The lowest BCUT2D eigenvalue weighted by Crippen LogP contribution is -2.65. The van der Waals surface area contributed by atoms with Crippen LogP contribution in [0.25, 0.3) is 0 Å². The number of hydrogen-bond donors (Lipinski definition) is 0. The number of nitrogens with zero attached hydrogens (tertiary/aromatic N) is 4. The Balaban J connectivity index is 1.33. The highest BCUT2D eigenvalue weighted by atomic mass is 16.5. The molecule has 2 fully saturated rings. The van der Waals surface area contributed by atoms with E-state index in [0.29, 0.717) is 25.0 Å². The molecule has 7 heteroatoms. The van der Waals surface area contributed by atoms with E-state index in [0.717, 1.165) is 37.5 Å². The van der Waals surface area contributed by atoms with Crippen LogP contribution < -0.4 is 9.64 Å².